The lowest BCUT2D eigenvalue weighted by atomic mass is 10.1. The minimum Gasteiger partial charge on any atom is -0.392 e. The van der Waals surface area contributed by atoms with Crippen molar-refractivity contribution >= 4 is 17.6 Å². The van der Waals surface area contributed by atoms with Gasteiger partial charge in [-0.3, -0.25) is 14.4 Å². The Morgan fingerprint density at radius 2 is 1.42 bits per heavy atom. The molecule has 0 aromatic rings. The van der Waals surface area contributed by atoms with Crippen LogP contribution in [0.2, 0.25) is 0 Å². The molecule has 0 aromatic carbocycles. The Hall–Kier alpha value is -1.85. The molecule has 0 radical (unpaired) electrons. The van der Waals surface area contributed by atoms with Gasteiger partial charge in [-0.25, -0.2) is 0 Å². The second-order valence-electron chi connectivity index (χ2n) is 6.51. The van der Waals surface area contributed by atoms with Crippen molar-refractivity contribution in [2.45, 2.75) is 53.9 Å². The number of allylic oxidation sites excluding steroid dienone is 2. The quantitative estimate of drug-likeness (QED) is 0.560. The third kappa shape index (κ3) is 18.2. The molecule has 0 bridgehead atoms. The van der Waals surface area contributed by atoms with E-state index in [2.05, 4.69) is 16.0 Å². The normalized spacial score (nSPS) is 10.8. The molecule has 0 aliphatic carbocycles. The Balaban J connectivity index is 0. The van der Waals surface area contributed by atoms with Gasteiger partial charge in [-0.15, -0.1) is 0 Å². The lowest BCUT2D eigenvalue weighted by Crippen LogP contribution is -2.29. The molecule has 0 saturated heterocycles. The molecule has 2 amide bonds. The van der Waals surface area contributed by atoms with Gasteiger partial charge in [-0.05, 0) is 24.8 Å². The number of hydrogen-bond acceptors (Lipinski definition) is 4. The summed E-state index contributed by atoms with van der Waals surface area (Å²) < 4.78 is 0. The summed E-state index contributed by atoms with van der Waals surface area (Å²) in [5.41, 5.74) is 0.927. The Morgan fingerprint density at radius 3 is 1.83 bits per heavy atom. The highest BCUT2D eigenvalue weighted by Crippen LogP contribution is 2.01. The lowest BCUT2D eigenvalue weighted by molar-refractivity contribution is -0.122. The summed E-state index contributed by atoms with van der Waals surface area (Å²) in [6, 6.07) is 0. The van der Waals surface area contributed by atoms with Crippen molar-refractivity contribution in [1.29, 1.82) is 0 Å². The predicted molar refractivity (Wildman–Crippen MR) is 98.4 cm³/mol. The zero-order valence-electron chi connectivity index (χ0n) is 16.3. The molecular formula is C18H35N3O3. The van der Waals surface area contributed by atoms with Gasteiger partial charge in [0.1, 0.15) is 0 Å². The van der Waals surface area contributed by atoms with Gasteiger partial charge in [0.25, 0.3) is 0 Å². The molecule has 0 aromatic heterocycles. The monoisotopic (exact) mass is 341 g/mol. The van der Waals surface area contributed by atoms with Crippen LogP contribution in [0, 0.1) is 11.8 Å². The van der Waals surface area contributed by atoms with Crippen LogP contribution in [0.5, 0.6) is 0 Å². The fraction of sp³-hybridized carbons (Fsp3) is 0.722. The molecule has 0 aliphatic heterocycles. The summed E-state index contributed by atoms with van der Waals surface area (Å²) in [5, 5.41) is 8.08. The van der Waals surface area contributed by atoms with Crippen molar-refractivity contribution in [3.05, 3.63) is 11.8 Å². The number of ketones is 1. The Labute approximate surface area is 146 Å². The zero-order chi connectivity index (χ0) is 19.1. The molecule has 0 heterocycles. The number of amides is 2. The molecule has 0 saturated carbocycles. The maximum absolute atomic E-state index is 11.1. The van der Waals surface area contributed by atoms with E-state index >= 15 is 0 Å². The molecule has 6 nitrogen and oxygen atoms in total. The molecular weight excluding hydrogens is 306 g/mol. The second kappa shape index (κ2) is 14.7. The van der Waals surface area contributed by atoms with Crippen LogP contribution in [0.15, 0.2) is 11.8 Å². The average molecular weight is 341 g/mol. The Bertz CT molecular complexity index is 416. The van der Waals surface area contributed by atoms with Crippen LogP contribution in [0.3, 0.4) is 0 Å². The van der Waals surface area contributed by atoms with E-state index in [9.17, 15) is 14.4 Å². The fourth-order valence-electron chi connectivity index (χ4n) is 1.66. The smallest absolute Gasteiger partial charge is 0.221 e. The second-order valence-corrected chi connectivity index (χ2v) is 6.51. The highest BCUT2D eigenvalue weighted by molar-refractivity contribution is 5.90. The van der Waals surface area contributed by atoms with Gasteiger partial charge in [0.15, 0.2) is 5.78 Å². The number of carbonyl (C=O) groups is 3. The van der Waals surface area contributed by atoms with Crippen LogP contribution in [0.25, 0.3) is 0 Å². The van der Waals surface area contributed by atoms with Gasteiger partial charge < -0.3 is 16.0 Å². The number of nitrogens with one attached hydrogen (secondary N) is 3. The van der Waals surface area contributed by atoms with Crippen LogP contribution in [-0.2, 0) is 14.4 Å². The molecule has 0 rings (SSSR count). The lowest BCUT2D eigenvalue weighted by Gasteiger charge is -2.06. The molecule has 0 spiro atoms. The first-order chi connectivity index (χ1) is 11.1. The first-order valence-electron chi connectivity index (χ1n) is 8.48. The van der Waals surface area contributed by atoms with Crippen LogP contribution in [-0.4, -0.2) is 38.2 Å². The van der Waals surface area contributed by atoms with Crippen molar-refractivity contribution in [2.24, 2.45) is 11.8 Å². The minimum absolute atomic E-state index is 0.0129. The topological polar surface area (TPSA) is 87.3 Å². The molecule has 140 valence electrons. The van der Waals surface area contributed by atoms with Gasteiger partial charge in [0.05, 0.1) is 0 Å². The first kappa shape index (κ1) is 24.4. The van der Waals surface area contributed by atoms with E-state index in [1.165, 1.54) is 0 Å². The average Bonchev–Trinajstić information content (AvgIpc) is 2.45. The van der Waals surface area contributed by atoms with Crippen molar-refractivity contribution in [3.63, 3.8) is 0 Å². The molecule has 0 unspecified atom stereocenters. The number of rotatable bonds is 9. The number of hydrogen-bond donors (Lipinski definition) is 3. The summed E-state index contributed by atoms with van der Waals surface area (Å²) >= 11 is 0. The third-order valence-electron chi connectivity index (χ3n) is 2.93. The zero-order valence-corrected chi connectivity index (χ0v) is 16.3. The van der Waals surface area contributed by atoms with E-state index in [1.54, 1.807) is 13.1 Å². The van der Waals surface area contributed by atoms with Crippen LogP contribution in [0.1, 0.15) is 53.9 Å². The highest BCUT2D eigenvalue weighted by atomic mass is 16.2. The summed E-state index contributed by atoms with van der Waals surface area (Å²) in [4.78, 5) is 32.9. The van der Waals surface area contributed by atoms with E-state index in [4.69, 9.17) is 0 Å². The Kier molecular flexibility index (Phi) is 15.0. The molecule has 24 heavy (non-hydrogen) atoms. The maximum Gasteiger partial charge on any atom is 0.221 e. The third-order valence-corrected chi connectivity index (χ3v) is 2.93. The van der Waals surface area contributed by atoms with Gasteiger partial charge in [-0.2, -0.15) is 0 Å². The predicted octanol–water partition coefficient (Wildman–Crippen LogP) is 2.01. The minimum atomic E-state index is -0.0511. The number of carbonyl (C=O) groups excluding carboxylic acids is 3. The maximum atomic E-state index is 11.1. The SMILES string of the molecule is CN/C(C)=C\C(=O)CC(C)C.CNC(=O)CCNC(=O)CC(C)C. The van der Waals surface area contributed by atoms with E-state index in [-0.39, 0.29) is 17.6 Å². The van der Waals surface area contributed by atoms with Gasteiger partial charge >= 0.3 is 0 Å². The highest BCUT2D eigenvalue weighted by Gasteiger charge is 2.04. The molecule has 0 fully saturated rings. The molecule has 0 atom stereocenters. The van der Waals surface area contributed by atoms with Crippen LogP contribution >= 0.6 is 0 Å². The standard InChI is InChI=1S/C9H18N2O2.C9H17NO/c1-7(2)6-9(13)11-5-4-8(12)10-3;1-7(2)5-9(11)6-8(3)10-4/h7H,4-6H2,1-3H3,(H,10,12)(H,11,13);6-7,10H,5H2,1-4H3/b;8-6-. The van der Waals surface area contributed by atoms with E-state index in [1.807, 2.05) is 41.7 Å². The van der Waals surface area contributed by atoms with Crippen molar-refractivity contribution in [3.8, 4) is 0 Å². The molecule has 6 heteroatoms. The van der Waals surface area contributed by atoms with Crippen molar-refractivity contribution < 1.29 is 14.4 Å². The van der Waals surface area contributed by atoms with Gasteiger partial charge in [0.2, 0.25) is 11.8 Å². The van der Waals surface area contributed by atoms with Gasteiger partial charge in [-0.1, -0.05) is 27.7 Å². The summed E-state index contributed by atoms with van der Waals surface area (Å²) in [5.74, 6) is 0.971. The van der Waals surface area contributed by atoms with Crippen molar-refractivity contribution in [2.75, 3.05) is 20.6 Å². The van der Waals surface area contributed by atoms with Crippen LogP contribution < -0.4 is 16.0 Å². The summed E-state index contributed by atoms with van der Waals surface area (Å²) in [6.07, 6.45) is 3.16. The van der Waals surface area contributed by atoms with Crippen molar-refractivity contribution in [1.82, 2.24) is 16.0 Å². The van der Waals surface area contributed by atoms with E-state index < -0.39 is 0 Å². The summed E-state index contributed by atoms with van der Waals surface area (Å²) in [7, 11) is 3.40. The fourth-order valence-corrected chi connectivity index (χ4v) is 1.66. The molecule has 3 N–H and O–H groups in total. The van der Waals surface area contributed by atoms with E-state index in [0.29, 0.717) is 37.6 Å². The first-order valence-corrected chi connectivity index (χ1v) is 8.48. The van der Waals surface area contributed by atoms with E-state index in [0.717, 1.165) is 5.70 Å². The Morgan fingerprint density at radius 1 is 0.875 bits per heavy atom. The largest absolute Gasteiger partial charge is 0.392 e. The van der Waals surface area contributed by atoms with Gasteiger partial charge in [0, 0.05) is 45.6 Å². The van der Waals surface area contributed by atoms with Crippen LogP contribution in [0.4, 0.5) is 0 Å². The molecule has 0 aliphatic rings. The summed E-state index contributed by atoms with van der Waals surface area (Å²) in [6.45, 7) is 10.4.